The van der Waals surface area contributed by atoms with Crippen molar-refractivity contribution in [3.8, 4) is 0 Å². The molecule has 16 heavy (non-hydrogen) atoms. The van der Waals surface area contributed by atoms with Crippen molar-refractivity contribution >= 4 is 11.6 Å². The highest BCUT2D eigenvalue weighted by Gasteiger charge is 2.31. The molecular weight excluding hydrogens is 220 g/mol. The molecule has 1 aliphatic rings. The minimum Gasteiger partial charge on any atom is -0.396 e. The molecule has 0 amide bonds. The van der Waals surface area contributed by atoms with Gasteiger partial charge in [0.05, 0.1) is 0 Å². The number of aliphatic hydroxyl groups excluding tert-OH is 1. The van der Waals surface area contributed by atoms with Gasteiger partial charge in [-0.25, -0.2) is 0 Å². The number of hydrogen-bond donors (Lipinski definition) is 1. The molecule has 2 heteroatoms. The van der Waals surface area contributed by atoms with Crippen LogP contribution in [0.4, 0.5) is 0 Å². The van der Waals surface area contributed by atoms with E-state index in [1.807, 2.05) is 6.07 Å². The molecule has 1 aromatic carbocycles. The third-order valence-corrected chi connectivity index (χ3v) is 4.14. The Labute approximate surface area is 102 Å². The molecule has 1 N–H and O–H groups in total. The third-order valence-electron chi connectivity index (χ3n) is 3.91. The lowest BCUT2D eigenvalue weighted by atomic mass is 9.70. The Balaban J connectivity index is 2.23. The van der Waals surface area contributed by atoms with Crippen molar-refractivity contribution in [2.24, 2.45) is 11.3 Å². The second-order valence-corrected chi connectivity index (χ2v) is 5.94. The Kier molecular flexibility index (Phi) is 3.27. The molecule has 0 heterocycles. The van der Waals surface area contributed by atoms with Gasteiger partial charge in [-0.1, -0.05) is 31.5 Å². The smallest absolute Gasteiger partial charge is 0.0484 e. The van der Waals surface area contributed by atoms with Gasteiger partial charge in [0, 0.05) is 11.6 Å². The zero-order chi connectivity index (χ0) is 11.8. The largest absolute Gasteiger partial charge is 0.396 e. The van der Waals surface area contributed by atoms with E-state index >= 15 is 0 Å². The Morgan fingerprint density at radius 1 is 1.38 bits per heavy atom. The first-order chi connectivity index (χ1) is 7.53. The van der Waals surface area contributed by atoms with Crippen LogP contribution in [0.2, 0.25) is 5.02 Å². The Hall–Kier alpha value is -0.530. The first-order valence-electron chi connectivity index (χ1n) is 5.91. The van der Waals surface area contributed by atoms with Crippen LogP contribution in [0.5, 0.6) is 0 Å². The average molecular weight is 239 g/mol. The van der Waals surface area contributed by atoms with Gasteiger partial charge in [-0.3, -0.25) is 0 Å². The quantitative estimate of drug-likeness (QED) is 0.837. The molecule has 1 nitrogen and oxygen atoms in total. The molecule has 0 radical (unpaired) electrons. The van der Waals surface area contributed by atoms with Gasteiger partial charge in [-0.2, -0.15) is 0 Å². The average Bonchev–Trinajstić information content (AvgIpc) is 2.28. The van der Waals surface area contributed by atoms with E-state index in [-0.39, 0.29) is 12.0 Å². The van der Waals surface area contributed by atoms with Crippen molar-refractivity contribution in [2.45, 2.75) is 33.1 Å². The Bertz CT molecular complexity index is 384. The molecule has 0 aromatic heterocycles. The summed E-state index contributed by atoms with van der Waals surface area (Å²) in [6, 6.07) is 6.19. The lowest BCUT2D eigenvalue weighted by Crippen LogP contribution is -2.32. The van der Waals surface area contributed by atoms with Gasteiger partial charge in [0.2, 0.25) is 0 Å². The van der Waals surface area contributed by atoms with E-state index < -0.39 is 0 Å². The number of hydrogen-bond acceptors (Lipinski definition) is 1. The van der Waals surface area contributed by atoms with Gasteiger partial charge in [0.25, 0.3) is 0 Å². The highest BCUT2D eigenvalue weighted by Crippen LogP contribution is 2.37. The van der Waals surface area contributed by atoms with E-state index in [1.165, 1.54) is 17.5 Å². The van der Waals surface area contributed by atoms with Crippen LogP contribution in [0.1, 0.15) is 31.4 Å². The fraction of sp³-hybridized carbons (Fsp3) is 0.571. The summed E-state index contributed by atoms with van der Waals surface area (Å²) in [5.41, 5.74) is 2.81. The summed E-state index contributed by atoms with van der Waals surface area (Å²) in [6.07, 6.45) is 3.33. The molecule has 1 aliphatic carbocycles. The summed E-state index contributed by atoms with van der Waals surface area (Å²) in [5, 5.41) is 10.2. The molecule has 1 unspecified atom stereocenters. The fourth-order valence-electron chi connectivity index (χ4n) is 2.52. The van der Waals surface area contributed by atoms with Crippen LogP contribution in [0.3, 0.4) is 0 Å². The van der Waals surface area contributed by atoms with Crippen LogP contribution < -0.4 is 0 Å². The van der Waals surface area contributed by atoms with Crippen LogP contribution in [-0.2, 0) is 12.8 Å². The summed E-state index contributed by atoms with van der Waals surface area (Å²) in [4.78, 5) is 0. The Morgan fingerprint density at radius 2 is 2.12 bits per heavy atom. The summed E-state index contributed by atoms with van der Waals surface area (Å²) in [7, 11) is 0. The zero-order valence-corrected chi connectivity index (χ0v) is 10.7. The van der Waals surface area contributed by atoms with Crippen molar-refractivity contribution in [3.05, 3.63) is 34.3 Å². The highest BCUT2D eigenvalue weighted by atomic mass is 35.5. The van der Waals surface area contributed by atoms with E-state index in [0.29, 0.717) is 5.92 Å². The molecule has 1 atom stereocenters. The fourth-order valence-corrected chi connectivity index (χ4v) is 2.72. The molecule has 0 bridgehead atoms. The van der Waals surface area contributed by atoms with Gasteiger partial charge in [-0.15, -0.1) is 0 Å². The van der Waals surface area contributed by atoms with Crippen LogP contribution in [-0.4, -0.2) is 11.7 Å². The molecule has 1 aromatic rings. The molecule has 0 saturated heterocycles. The number of halogens is 1. The monoisotopic (exact) mass is 238 g/mol. The van der Waals surface area contributed by atoms with Crippen LogP contribution in [0, 0.1) is 11.3 Å². The standard InChI is InChI=1S/C14H19ClO/c1-14(2,9-16)12-5-3-10-4-6-13(15)8-11(10)7-12/h4,6,8,12,16H,3,5,7,9H2,1-2H3. The maximum Gasteiger partial charge on any atom is 0.0484 e. The molecule has 0 spiro atoms. The zero-order valence-electron chi connectivity index (χ0n) is 9.96. The van der Waals surface area contributed by atoms with Gasteiger partial charge in [0.1, 0.15) is 0 Å². The number of fused-ring (bicyclic) bond motifs is 1. The minimum absolute atomic E-state index is 0.0139. The number of aliphatic hydroxyl groups is 1. The maximum absolute atomic E-state index is 9.42. The first kappa shape index (κ1) is 11.9. The summed E-state index contributed by atoms with van der Waals surface area (Å²) < 4.78 is 0. The highest BCUT2D eigenvalue weighted by molar-refractivity contribution is 6.30. The van der Waals surface area contributed by atoms with E-state index in [4.69, 9.17) is 11.6 Å². The predicted octanol–water partition coefficient (Wildman–Crippen LogP) is 3.46. The summed E-state index contributed by atoms with van der Waals surface area (Å²) in [5.74, 6) is 0.559. The van der Waals surface area contributed by atoms with Crippen LogP contribution >= 0.6 is 11.6 Å². The van der Waals surface area contributed by atoms with Crippen molar-refractivity contribution in [1.29, 1.82) is 0 Å². The first-order valence-corrected chi connectivity index (χ1v) is 6.29. The predicted molar refractivity (Wildman–Crippen MR) is 67.8 cm³/mol. The molecule has 88 valence electrons. The summed E-state index contributed by atoms with van der Waals surface area (Å²) in [6.45, 7) is 4.55. The molecule has 0 saturated carbocycles. The maximum atomic E-state index is 9.42. The van der Waals surface area contributed by atoms with Gasteiger partial charge >= 0.3 is 0 Å². The number of rotatable bonds is 2. The van der Waals surface area contributed by atoms with Gasteiger partial charge in [-0.05, 0) is 53.9 Å². The van der Waals surface area contributed by atoms with E-state index in [0.717, 1.165) is 17.9 Å². The van der Waals surface area contributed by atoms with E-state index in [9.17, 15) is 5.11 Å². The molecular formula is C14H19ClO. The van der Waals surface area contributed by atoms with Crippen LogP contribution in [0.25, 0.3) is 0 Å². The van der Waals surface area contributed by atoms with Gasteiger partial charge < -0.3 is 5.11 Å². The van der Waals surface area contributed by atoms with Crippen molar-refractivity contribution in [2.75, 3.05) is 6.61 Å². The third kappa shape index (κ3) is 2.26. The second kappa shape index (κ2) is 4.38. The van der Waals surface area contributed by atoms with Crippen molar-refractivity contribution in [1.82, 2.24) is 0 Å². The minimum atomic E-state index is 0.0139. The topological polar surface area (TPSA) is 20.2 Å². The Morgan fingerprint density at radius 3 is 2.81 bits per heavy atom. The lowest BCUT2D eigenvalue weighted by Gasteiger charge is -2.36. The second-order valence-electron chi connectivity index (χ2n) is 5.50. The van der Waals surface area contributed by atoms with Crippen LogP contribution in [0.15, 0.2) is 18.2 Å². The SMILES string of the molecule is CC(C)(CO)C1CCc2ccc(Cl)cc2C1. The molecule has 2 rings (SSSR count). The van der Waals surface area contributed by atoms with Crippen molar-refractivity contribution in [3.63, 3.8) is 0 Å². The normalized spacial score (nSPS) is 20.6. The number of benzene rings is 1. The molecule has 0 fully saturated rings. The van der Waals surface area contributed by atoms with Gasteiger partial charge in [0.15, 0.2) is 0 Å². The van der Waals surface area contributed by atoms with E-state index in [1.54, 1.807) is 0 Å². The summed E-state index contributed by atoms with van der Waals surface area (Å²) >= 11 is 6.02. The molecule has 0 aliphatic heterocycles. The lowest BCUT2D eigenvalue weighted by molar-refractivity contribution is 0.0875. The van der Waals surface area contributed by atoms with E-state index in [2.05, 4.69) is 26.0 Å². The number of aryl methyl sites for hydroxylation is 1. The van der Waals surface area contributed by atoms with Crippen molar-refractivity contribution < 1.29 is 5.11 Å².